The van der Waals surface area contributed by atoms with Crippen LogP contribution in [-0.2, 0) is 10.2 Å². The molecular weight excluding hydrogens is 424 g/mol. The van der Waals surface area contributed by atoms with Gasteiger partial charge in [0.2, 0.25) is 0 Å². The Morgan fingerprint density at radius 3 is 1.62 bits per heavy atom. The lowest BCUT2D eigenvalue weighted by atomic mass is 9.93. The molecular formula is C25H44N2O4S. The third kappa shape index (κ3) is 7.77. The summed E-state index contributed by atoms with van der Waals surface area (Å²) in [6.45, 7) is 12.8. The second-order valence-electron chi connectivity index (χ2n) is 9.17. The first-order valence-corrected chi connectivity index (χ1v) is 13.6. The fourth-order valence-electron chi connectivity index (χ4n) is 3.94. The Morgan fingerprint density at radius 2 is 1.28 bits per heavy atom. The minimum atomic E-state index is -4.23. The monoisotopic (exact) mass is 468 g/mol. The average Bonchev–Trinajstić information content (AvgIpc) is 2.71. The molecule has 184 valence electrons. The van der Waals surface area contributed by atoms with Crippen molar-refractivity contribution in [2.24, 2.45) is 0 Å². The van der Waals surface area contributed by atoms with E-state index in [0.29, 0.717) is 23.1 Å². The Hall–Kier alpha value is -1.60. The Kier molecular flexibility index (Phi) is 12.3. The number of hydrogen-bond donors (Lipinski definition) is 1. The highest BCUT2D eigenvalue weighted by molar-refractivity contribution is 7.91. The molecule has 32 heavy (non-hydrogen) atoms. The molecule has 7 heteroatoms. The van der Waals surface area contributed by atoms with E-state index in [2.05, 4.69) is 13.8 Å². The molecule has 0 aliphatic rings. The van der Waals surface area contributed by atoms with E-state index in [1.165, 1.54) is 4.31 Å². The molecule has 0 aliphatic carbocycles. The number of carbonyl (C=O) groups is 1. The van der Waals surface area contributed by atoms with Crippen molar-refractivity contribution in [2.45, 2.75) is 105 Å². The van der Waals surface area contributed by atoms with Crippen LogP contribution in [0.5, 0.6) is 0 Å². The maximum atomic E-state index is 13.8. The van der Waals surface area contributed by atoms with Gasteiger partial charge in [-0.25, -0.2) is 4.79 Å². The smallest absolute Gasteiger partial charge is 0.426 e. The Bertz CT molecular complexity index is 768. The Labute approximate surface area is 196 Å². The van der Waals surface area contributed by atoms with E-state index in [1.54, 1.807) is 0 Å². The van der Waals surface area contributed by atoms with Gasteiger partial charge in [0.15, 0.2) is 0 Å². The van der Waals surface area contributed by atoms with Crippen LogP contribution >= 0.6 is 0 Å². The van der Waals surface area contributed by atoms with Crippen LogP contribution in [-0.4, -0.2) is 37.0 Å². The van der Waals surface area contributed by atoms with Crippen LogP contribution in [0, 0.1) is 0 Å². The van der Waals surface area contributed by atoms with Gasteiger partial charge < -0.3 is 5.11 Å². The van der Waals surface area contributed by atoms with Crippen LogP contribution in [0.2, 0.25) is 0 Å². The fourth-order valence-corrected chi connectivity index (χ4v) is 5.53. The summed E-state index contributed by atoms with van der Waals surface area (Å²) in [7, 11) is -4.23. The molecule has 1 rings (SSSR count). The third-order valence-corrected chi connectivity index (χ3v) is 7.62. The maximum Gasteiger partial charge on any atom is 0.426 e. The van der Waals surface area contributed by atoms with Crippen LogP contribution in [0.4, 0.5) is 10.5 Å². The van der Waals surface area contributed by atoms with Crippen LogP contribution < -0.4 is 4.31 Å². The van der Waals surface area contributed by atoms with E-state index in [4.69, 9.17) is 0 Å². The van der Waals surface area contributed by atoms with Gasteiger partial charge in [-0.15, -0.1) is 0 Å². The zero-order valence-electron chi connectivity index (χ0n) is 20.9. The molecule has 1 aromatic carbocycles. The molecule has 1 aromatic rings. The molecule has 0 atom stereocenters. The highest BCUT2D eigenvalue weighted by Crippen LogP contribution is 2.37. The zero-order chi connectivity index (χ0) is 24.3. The van der Waals surface area contributed by atoms with Gasteiger partial charge in [-0.2, -0.15) is 17.0 Å². The number of carboxylic acid groups (broad SMARTS) is 1. The number of hydrogen-bond acceptors (Lipinski definition) is 3. The van der Waals surface area contributed by atoms with Crippen molar-refractivity contribution >= 4 is 22.0 Å². The van der Waals surface area contributed by atoms with E-state index in [0.717, 1.165) is 62.5 Å². The summed E-state index contributed by atoms with van der Waals surface area (Å²) < 4.78 is 29.7. The average molecular weight is 469 g/mol. The topological polar surface area (TPSA) is 77.9 Å². The van der Waals surface area contributed by atoms with E-state index in [9.17, 15) is 18.3 Å². The highest BCUT2D eigenvalue weighted by atomic mass is 32.2. The van der Waals surface area contributed by atoms with Gasteiger partial charge in [-0.05, 0) is 35.8 Å². The van der Waals surface area contributed by atoms with Crippen molar-refractivity contribution in [1.29, 1.82) is 0 Å². The molecule has 0 bridgehead atoms. The van der Waals surface area contributed by atoms with Crippen molar-refractivity contribution < 1.29 is 18.3 Å². The number of para-hydroxylation sites is 1. The first-order valence-electron chi connectivity index (χ1n) is 12.3. The van der Waals surface area contributed by atoms with Crippen LogP contribution in [0.3, 0.4) is 0 Å². The largest absolute Gasteiger partial charge is 0.464 e. The predicted octanol–water partition coefficient (Wildman–Crippen LogP) is 7.13. The molecule has 1 amide bonds. The first-order chi connectivity index (χ1) is 15.1. The number of nitrogens with zero attached hydrogens (tertiary/aromatic N) is 2. The summed E-state index contributed by atoms with van der Waals surface area (Å²) in [5, 5.41) is 10.2. The molecule has 0 aromatic heterocycles. The summed E-state index contributed by atoms with van der Waals surface area (Å²) in [5.41, 5.74) is 1.77. The van der Waals surface area contributed by atoms with Crippen molar-refractivity contribution in [3.63, 3.8) is 0 Å². The second-order valence-corrected chi connectivity index (χ2v) is 10.9. The highest BCUT2D eigenvalue weighted by Gasteiger charge is 2.37. The van der Waals surface area contributed by atoms with Gasteiger partial charge in [0.25, 0.3) is 0 Å². The van der Waals surface area contributed by atoms with E-state index >= 15 is 0 Å². The van der Waals surface area contributed by atoms with Crippen molar-refractivity contribution in [3.05, 3.63) is 29.3 Å². The number of rotatable bonds is 15. The van der Waals surface area contributed by atoms with Gasteiger partial charge >= 0.3 is 16.3 Å². The van der Waals surface area contributed by atoms with E-state index < -0.39 is 16.3 Å². The molecule has 0 aliphatic heterocycles. The second kappa shape index (κ2) is 13.8. The van der Waals surface area contributed by atoms with E-state index in [-0.39, 0.29) is 11.8 Å². The summed E-state index contributed by atoms with van der Waals surface area (Å²) in [5.74, 6) is -0.0217. The Morgan fingerprint density at radius 1 is 0.844 bits per heavy atom. The molecule has 0 radical (unpaired) electrons. The molecule has 0 heterocycles. The lowest BCUT2D eigenvalue weighted by Gasteiger charge is -2.32. The molecule has 0 saturated heterocycles. The zero-order valence-corrected chi connectivity index (χ0v) is 21.7. The number of amides is 1. The molecule has 0 fully saturated rings. The number of anilines is 1. The summed E-state index contributed by atoms with van der Waals surface area (Å²) >= 11 is 0. The van der Waals surface area contributed by atoms with E-state index in [1.807, 2.05) is 45.9 Å². The third-order valence-electron chi connectivity index (χ3n) is 5.80. The number of unbranched alkanes of at least 4 members (excludes halogenated alkanes) is 6. The van der Waals surface area contributed by atoms with Gasteiger partial charge in [0.05, 0.1) is 5.69 Å². The van der Waals surface area contributed by atoms with Gasteiger partial charge in [0, 0.05) is 13.1 Å². The first kappa shape index (κ1) is 28.4. The Balaban J connectivity index is 3.47. The molecule has 6 nitrogen and oxygen atoms in total. The van der Waals surface area contributed by atoms with Gasteiger partial charge in [-0.3, -0.25) is 0 Å². The minimum absolute atomic E-state index is 0.0108. The lowest BCUT2D eigenvalue weighted by Crippen LogP contribution is -2.48. The minimum Gasteiger partial charge on any atom is -0.464 e. The van der Waals surface area contributed by atoms with Crippen LogP contribution in [0.1, 0.15) is 116 Å². The summed E-state index contributed by atoms with van der Waals surface area (Å²) in [6.07, 6.45) is 6.09. The van der Waals surface area contributed by atoms with Crippen LogP contribution in [0.25, 0.3) is 0 Å². The molecule has 1 N–H and O–H groups in total. The maximum absolute atomic E-state index is 13.8. The SMILES string of the molecule is CCCCCCN(CCCCCC)S(=O)(=O)N(C(=O)O)c1c(C(C)C)cccc1C(C)C. The van der Waals surface area contributed by atoms with Crippen LogP contribution in [0.15, 0.2) is 18.2 Å². The quantitative estimate of drug-likeness (QED) is 0.278. The summed E-state index contributed by atoms with van der Waals surface area (Å²) in [4.78, 5) is 12.5. The molecule has 0 spiro atoms. The normalized spacial score (nSPS) is 12.2. The van der Waals surface area contributed by atoms with Crippen molar-refractivity contribution in [1.82, 2.24) is 4.31 Å². The predicted molar refractivity (Wildman–Crippen MR) is 134 cm³/mol. The van der Waals surface area contributed by atoms with Gasteiger partial charge in [0.1, 0.15) is 0 Å². The van der Waals surface area contributed by atoms with Crippen molar-refractivity contribution in [2.75, 3.05) is 17.4 Å². The standard InChI is InChI=1S/C25H44N2O4S/c1-7-9-11-13-18-26(19-14-12-10-8-2)32(30,31)27(25(28)29)24-22(20(3)4)16-15-17-23(24)21(5)6/h15-17,20-21H,7-14,18-19H2,1-6H3,(H,28,29). The molecule has 0 saturated carbocycles. The van der Waals surface area contributed by atoms with Crippen molar-refractivity contribution in [3.8, 4) is 0 Å². The van der Waals surface area contributed by atoms with Gasteiger partial charge in [-0.1, -0.05) is 98.3 Å². The lowest BCUT2D eigenvalue weighted by molar-refractivity contribution is 0.205. The fraction of sp³-hybridized carbons (Fsp3) is 0.720. The number of benzene rings is 1. The summed E-state index contributed by atoms with van der Waals surface area (Å²) in [6, 6.07) is 5.56. The molecule has 0 unspecified atom stereocenters.